The fourth-order valence-electron chi connectivity index (χ4n) is 2.78. The molecule has 0 atom stereocenters. The van der Waals surface area contributed by atoms with Crippen molar-refractivity contribution in [2.75, 3.05) is 20.3 Å². The number of halogens is 1. The van der Waals surface area contributed by atoms with Gasteiger partial charge < -0.3 is 14.2 Å². The minimum absolute atomic E-state index is 0.0348. The van der Waals surface area contributed by atoms with Crippen molar-refractivity contribution >= 4 is 28.8 Å². The molecule has 0 fully saturated rings. The number of rotatable bonds is 8. The molecule has 0 saturated carbocycles. The molecule has 26 heavy (non-hydrogen) atoms. The minimum atomic E-state index is 0.0348. The average Bonchev–Trinajstić information content (AvgIpc) is 3.30. The molecule has 0 unspecified atom stereocenters. The van der Waals surface area contributed by atoms with Crippen LogP contribution < -0.4 is 0 Å². The number of ether oxygens (including phenoxy) is 1. The Kier molecular flexibility index (Phi) is 6.50. The topological polar surface area (TPSA) is 34.5 Å². The lowest BCUT2D eigenvalue weighted by atomic mass is 10.2. The second kappa shape index (κ2) is 9.03. The van der Waals surface area contributed by atoms with Gasteiger partial charge >= 0.3 is 0 Å². The van der Waals surface area contributed by atoms with E-state index in [0.29, 0.717) is 26.2 Å². The Hall–Kier alpha value is -2.08. The van der Waals surface area contributed by atoms with Crippen molar-refractivity contribution in [3.05, 3.63) is 81.3 Å². The van der Waals surface area contributed by atoms with Gasteiger partial charge in [0.25, 0.3) is 5.91 Å². The zero-order chi connectivity index (χ0) is 18.4. The summed E-state index contributed by atoms with van der Waals surface area (Å²) in [5.74, 6) is 0.0348. The molecule has 0 bridgehead atoms. The fraction of sp³-hybridized carbons (Fsp3) is 0.250. The molecule has 3 rings (SSSR count). The third-order valence-corrected chi connectivity index (χ3v) is 5.20. The first-order valence-electron chi connectivity index (χ1n) is 8.37. The molecule has 1 aromatic carbocycles. The maximum absolute atomic E-state index is 12.8. The van der Waals surface area contributed by atoms with E-state index in [4.69, 9.17) is 16.3 Å². The lowest BCUT2D eigenvalue weighted by Gasteiger charge is -2.23. The smallest absolute Gasteiger partial charge is 0.264 e. The Bertz CT molecular complexity index is 845. The molecule has 136 valence electrons. The van der Waals surface area contributed by atoms with Crippen LogP contribution >= 0.6 is 22.9 Å². The highest BCUT2D eigenvalue weighted by Gasteiger charge is 2.18. The third-order valence-electron chi connectivity index (χ3n) is 4.10. The van der Waals surface area contributed by atoms with Crippen LogP contribution in [0.15, 0.2) is 60.1 Å². The molecule has 2 heterocycles. The van der Waals surface area contributed by atoms with Crippen molar-refractivity contribution in [3.8, 4) is 0 Å². The number of amides is 1. The van der Waals surface area contributed by atoms with Crippen LogP contribution in [0.5, 0.6) is 0 Å². The van der Waals surface area contributed by atoms with Crippen LogP contribution in [-0.2, 0) is 17.8 Å². The van der Waals surface area contributed by atoms with Gasteiger partial charge in [-0.3, -0.25) is 4.79 Å². The molecular weight excluding hydrogens is 368 g/mol. The van der Waals surface area contributed by atoms with Gasteiger partial charge in [0.1, 0.15) is 0 Å². The van der Waals surface area contributed by atoms with Crippen LogP contribution in [0.25, 0.3) is 0 Å². The Balaban J connectivity index is 1.77. The SMILES string of the molecule is COCCN(Cc1cccn1Cc1cccc(Cl)c1)C(=O)c1cccs1. The lowest BCUT2D eigenvalue weighted by Crippen LogP contribution is -2.33. The Labute approximate surface area is 162 Å². The number of carbonyl (C=O) groups excluding carboxylic acids is 1. The monoisotopic (exact) mass is 388 g/mol. The number of methoxy groups -OCH3 is 1. The van der Waals surface area contributed by atoms with Gasteiger partial charge in [-0.05, 0) is 41.3 Å². The highest BCUT2D eigenvalue weighted by Crippen LogP contribution is 2.17. The largest absolute Gasteiger partial charge is 0.383 e. The quantitative estimate of drug-likeness (QED) is 0.567. The molecule has 4 nitrogen and oxygen atoms in total. The summed E-state index contributed by atoms with van der Waals surface area (Å²) in [4.78, 5) is 15.4. The van der Waals surface area contributed by atoms with Crippen molar-refractivity contribution in [2.45, 2.75) is 13.1 Å². The number of hydrogen-bond donors (Lipinski definition) is 0. The first-order valence-corrected chi connectivity index (χ1v) is 9.63. The summed E-state index contributed by atoms with van der Waals surface area (Å²) in [6.07, 6.45) is 2.03. The highest BCUT2D eigenvalue weighted by atomic mass is 35.5. The summed E-state index contributed by atoms with van der Waals surface area (Å²) in [5.41, 5.74) is 2.20. The van der Waals surface area contributed by atoms with E-state index in [0.717, 1.165) is 21.2 Å². The Morgan fingerprint density at radius 1 is 1.23 bits per heavy atom. The molecule has 0 aliphatic carbocycles. The van der Waals surface area contributed by atoms with Gasteiger partial charge in [-0.2, -0.15) is 0 Å². The van der Waals surface area contributed by atoms with Gasteiger partial charge in [-0.1, -0.05) is 29.8 Å². The van der Waals surface area contributed by atoms with E-state index in [2.05, 4.69) is 10.6 Å². The summed E-state index contributed by atoms with van der Waals surface area (Å²) in [5, 5.41) is 2.65. The van der Waals surface area contributed by atoms with Gasteiger partial charge in [-0.15, -0.1) is 11.3 Å². The van der Waals surface area contributed by atoms with E-state index in [-0.39, 0.29) is 5.91 Å². The molecule has 2 aromatic heterocycles. The Morgan fingerprint density at radius 2 is 2.12 bits per heavy atom. The molecule has 0 spiro atoms. The van der Waals surface area contributed by atoms with Crippen LogP contribution in [0, 0.1) is 0 Å². The molecule has 1 amide bonds. The number of benzene rings is 1. The summed E-state index contributed by atoms with van der Waals surface area (Å²) in [6, 6.07) is 15.6. The summed E-state index contributed by atoms with van der Waals surface area (Å²) in [7, 11) is 1.65. The first-order chi connectivity index (χ1) is 12.7. The molecular formula is C20H21ClN2O2S. The molecule has 6 heteroatoms. The average molecular weight is 389 g/mol. The van der Waals surface area contributed by atoms with E-state index in [1.54, 1.807) is 7.11 Å². The standard InChI is InChI=1S/C20H21ClN2O2S/c1-25-11-10-23(20(24)19-8-4-12-26-19)15-18-7-3-9-22(18)14-16-5-2-6-17(21)13-16/h2-9,12-13H,10-11,14-15H2,1H3. The maximum Gasteiger partial charge on any atom is 0.264 e. The number of carbonyl (C=O) groups is 1. The summed E-state index contributed by atoms with van der Waals surface area (Å²) in [6.45, 7) is 2.31. The predicted octanol–water partition coefficient (Wildman–Crippen LogP) is 4.54. The molecule has 0 aliphatic rings. The van der Waals surface area contributed by atoms with E-state index < -0.39 is 0 Å². The molecule has 3 aromatic rings. The summed E-state index contributed by atoms with van der Waals surface area (Å²) >= 11 is 7.55. The fourth-order valence-corrected chi connectivity index (χ4v) is 3.69. The minimum Gasteiger partial charge on any atom is -0.383 e. The van der Waals surface area contributed by atoms with Crippen LogP contribution in [0.3, 0.4) is 0 Å². The highest BCUT2D eigenvalue weighted by molar-refractivity contribution is 7.12. The van der Waals surface area contributed by atoms with Crippen molar-refractivity contribution in [1.29, 1.82) is 0 Å². The molecule has 0 aliphatic heterocycles. The van der Waals surface area contributed by atoms with Gasteiger partial charge in [0.15, 0.2) is 0 Å². The second-order valence-electron chi connectivity index (χ2n) is 5.95. The van der Waals surface area contributed by atoms with Gasteiger partial charge in [0, 0.05) is 37.1 Å². The number of nitrogens with zero attached hydrogens (tertiary/aromatic N) is 2. The molecule has 0 N–H and O–H groups in total. The normalized spacial score (nSPS) is 10.8. The van der Waals surface area contributed by atoms with Crippen molar-refractivity contribution in [2.24, 2.45) is 0 Å². The maximum atomic E-state index is 12.8. The van der Waals surface area contributed by atoms with E-state index in [1.165, 1.54) is 11.3 Å². The lowest BCUT2D eigenvalue weighted by molar-refractivity contribution is 0.0681. The predicted molar refractivity (Wildman–Crippen MR) is 106 cm³/mol. The zero-order valence-electron chi connectivity index (χ0n) is 14.6. The number of hydrogen-bond acceptors (Lipinski definition) is 3. The number of aromatic nitrogens is 1. The van der Waals surface area contributed by atoms with Gasteiger partial charge in [-0.25, -0.2) is 0 Å². The van der Waals surface area contributed by atoms with E-state index in [9.17, 15) is 4.79 Å². The third kappa shape index (κ3) is 4.75. The Morgan fingerprint density at radius 3 is 2.85 bits per heavy atom. The van der Waals surface area contributed by atoms with Crippen molar-refractivity contribution in [1.82, 2.24) is 9.47 Å². The van der Waals surface area contributed by atoms with Crippen molar-refractivity contribution in [3.63, 3.8) is 0 Å². The van der Waals surface area contributed by atoms with Crippen molar-refractivity contribution < 1.29 is 9.53 Å². The summed E-state index contributed by atoms with van der Waals surface area (Å²) < 4.78 is 7.33. The molecule has 0 saturated heterocycles. The van der Waals surface area contributed by atoms with Crippen LogP contribution in [0.1, 0.15) is 20.9 Å². The zero-order valence-corrected chi connectivity index (χ0v) is 16.2. The molecule has 0 radical (unpaired) electrons. The number of thiophene rings is 1. The van der Waals surface area contributed by atoms with Gasteiger partial charge in [0.2, 0.25) is 0 Å². The van der Waals surface area contributed by atoms with Crippen LogP contribution in [0.2, 0.25) is 5.02 Å². The second-order valence-corrected chi connectivity index (χ2v) is 7.34. The van der Waals surface area contributed by atoms with E-state index >= 15 is 0 Å². The van der Waals surface area contributed by atoms with Crippen LogP contribution in [0.4, 0.5) is 0 Å². The van der Waals surface area contributed by atoms with Crippen LogP contribution in [-0.4, -0.2) is 35.6 Å². The first kappa shape index (κ1) is 18.7. The van der Waals surface area contributed by atoms with E-state index in [1.807, 2.05) is 58.9 Å². The van der Waals surface area contributed by atoms with Gasteiger partial charge in [0.05, 0.1) is 18.0 Å².